The minimum absolute atomic E-state index is 0.202. The van der Waals surface area contributed by atoms with Gasteiger partial charge < -0.3 is 0 Å². The molecule has 1 fully saturated rings. The van der Waals surface area contributed by atoms with E-state index < -0.39 is 0 Å². The molecule has 1 aliphatic heterocycles. The van der Waals surface area contributed by atoms with E-state index in [1.165, 1.54) is 16.8 Å². The fourth-order valence-corrected chi connectivity index (χ4v) is 5.66. The van der Waals surface area contributed by atoms with Gasteiger partial charge in [-0.25, -0.2) is 9.67 Å². The molecule has 6 rings (SSSR count). The van der Waals surface area contributed by atoms with Crippen LogP contribution in [-0.2, 0) is 4.79 Å². The number of carbonyl (C=O) groups excluding carboxylic acids is 1. The molecule has 31 heavy (non-hydrogen) atoms. The van der Waals surface area contributed by atoms with Gasteiger partial charge in [0.05, 0.1) is 12.0 Å². The van der Waals surface area contributed by atoms with E-state index in [-0.39, 0.29) is 23.7 Å². The lowest BCUT2D eigenvalue weighted by Gasteiger charge is -2.36. The van der Waals surface area contributed by atoms with Gasteiger partial charge in [0.2, 0.25) is 5.95 Å². The minimum Gasteiger partial charge on any atom is -0.299 e. The number of carbonyl (C=O) groups is 1. The number of nitrogens with zero attached hydrogens (tertiary/aromatic N) is 4. The highest BCUT2D eigenvalue weighted by molar-refractivity contribution is 7.10. The number of Topliss-reactive ketones (excluding diaryl/α,β-unsaturated/α-hetero) is 1. The van der Waals surface area contributed by atoms with Crippen LogP contribution in [0.5, 0.6) is 0 Å². The van der Waals surface area contributed by atoms with Crippen LogP contribution in [0.15, 0.2) is 83.4 Å². The summed E-state index contributed by atoms with van der Waals surface area (Å²) in [4.78, 5) is 23.8. The topological polar surface area (TPSA) is 60.1 Å². The lowest BCUT2D eigenvalue weighted by molar-refractivity contribution is -0.122. The second-order valence-corrected chi connectivity index (χ2v) is 9.08. The third-order valence-electron chi connectivity index (χ3n) is 6.29. The summed E-state index contributed by atoms with van der Waals surface area (Å²) in [6.07, 6.45) is 2.87. The van der Waals surface area contributed by atoms with E-state index in [0.29, 0.717) is 12.4 Å². The van der Waals surface area contributed by atoms with Crippen molar-refractivity contribution in [3.05, 3.63) is 88.9 Å². The maximum Gasteiger partial charge on any atom is 0.248 e. The van der Waals surface area contributed by atoms with Crippen molar-refractivity contribution in [1.29, 1.82) is 0 Å². The molecule has 2 aliphatic rings. The van der Waals surface area contributed by atoms with Crippen molar-refractivity contribution in [3.63, 3.8) is 0 Å². The molecule has 0 bridgehead atoms. The summed E-state index contributed by atoms with van der Waals surface area (Å²) in [6.45, 7) is 0. The molecule has 4 aromatic rings. The van der Waals surface area contributed by atoms with E-state index in [9.17, 15) is 4.79 Å². The van der Waals surface area contributed by atoms with Gasteiger partial charge in [-0.3, -0.25) is 4.79 Å². The van der Waals surface area contributed by atoms with E-state index in [4.69, 9.17) is 4.99 Å². The molecule has 5 nitrogen and oxygen atoms in total. The monoisotopic (exact) mass is 424 g/mol. The van der Waals surface area contributed by atoms with Crippen LogP contribution in [0, 0.1) is 5.92 Å². The van der Waals surface area contributed by atoms with Crippen LogP contribution in [0.2, 0.25) is 0 Å². The summed E-state index contributed by atoms with van der Waals surface area (Å²) >= 11 is 1.71. The van der Waals surface area contributed by atoms with Crippen molar-refractivity contribution in [3.8, 4) is 11.1 Å². The summed E-state index contributed by atoms with van der Waals surface area (Å²) in [5.41, 5.74) is 4.33. The van der Waals surface area contributed by atoms with Crippen molar-refractivity contribution in [2.24, 2.45) is 10.9 Å². The van der Waals surface area contributed by atoms with Crippen molar-refractivity contribution in [2.45, 2.75) is 24.8 Å². The summed E-state index contributed by atoms with van der Waals surface area (Å²) in [6, 6.07) is 22.7. The first-order chi connectivity index (χ1) is 15.3. The van der Waals surface area contributed by atoms with Gasteiger partial charge in [0.15, 0.2) is 0 Å². The molecule has 0 saturated heterocycles. The average Bonchev–Trinajstić information content (AvgIpc) is 3.50. The molecule has 0 amide bonds. The number of thiophene rings is 1. The Morgan fingerprint density at radius 3 is 2.48 bits per heavy atom. The molecule has 3 heterocycles. The number of benzene rings is 2. The van der Waals surface area contributed by atoms with Gasteiger partial charge in [-0.2, -0.15) is 10.1 Å². The Morgan fingerprint density at radius 1 is 0.903 bits per heavy atom. The lowest BCUT2D eigenvalue weighted by atomic mass is 9.73. The highest BCUT2D eigenvalue weighted by Crippen LogP contribution is 2.44. The number of aromatic nitrogens is 3. The Labute approximate surface area is 184 Å². The molecule has 2 aromatic heterocycles. The Morgan fingerprint density at radius 2 is 1.71 bits per heavy atom. The average molecular weight is 425 g/mol. The largest absolute Gasteiger partial charge is 0.299 e. The normalized spacial score (nSPS) is 22.5. The third kappa shape index (κ3) is 3.15. The highest BCUT2D eigenvalue weighted by atomic mass is 32.1. The van der Waals surface area contributed by atoms with E-state index >= 15 is 0 Å². The van der Waals surface area contributed by atoms with Crippen molar-refractivity contribution >= 4 is 28.8 Å². The molecular weight excluding hydrogens is 404 g/mol. The maximum atomic E-state index is 13.4. The molecule has 1 aliphatic carbocycles. The summed E-state index contributed by atoms with van der Waals surface area (Å²) < 4.78 is 1.81. The Balaban J connectivity index is 1.39. The summed E-state index contributed by atoms with van der Waals surface area (Å²) in [5, 5.41) is 6.51. The van der Waals surface area contributed by atoms with Gasteiger partial charge >= 0.3 is 0 Å². The molecule has 0 N–H and O–H groups in total. The standard InChI is InChI=1S/C25H20N4OS/c30-21-14-19(22-7-4-12-31-22)13-20-23(21)24(29-25(28-20)26-15-27-29)18-10-8-17(9-11-18)16-5-2-1-3-6-16/h1-12,15,19,23-24H,13-14H2. The molecule has 3 atom stereocenters. The van der Waals surface area contributed by atoms with Crippen LogP contribution in [-0.4, -0.2) is 26.3 Å². The van der Waals surface area contributed by atoms with Crippen LogP contribution in [0.3, 0.4) is 0 Å². The number of rotatable bonds is 3. The number of hydrogen-bond donors (Lipinski definition) is 0. The zero-order valence-corrected chi connectivity index (χ0v) is 17.6. The number of fused-ring (bicyclic) bond motifs is 2. The second kappa shape index (κ2) is 7.39. The first-order valence-corrected chi connectivity index (χ1v) is 11.3. The van der Waals surface area contributed by atoms with Crippen molar-refractivity contribution in [1.82, 2.24) is 14.8 Å². The molecule has 0 spiro atoms. The molecule has 1 saturated carbocycles. The van der Waals surface area contributed by atoms with E-state index in [2.05, 4.69) is 57.9 Å². The Bertz CT molecular complexity index is 1260. The zero-order valence-electron chi connectivity index (χ0n) is 16.8. The first-order valence-electron chi connectivity index (χ1n) is 10.5. The zero-order chi connectivity index (χ0) is 20.8. The van der Waals surface area contributed by atoms with Gasteiger partial charge in [-0.05, 0) is 34.6 Å². The third-order valence-corrected chi connectivity index (χ3v) is 7.33. The van der Waals surface area contributed by atoms with Gasteiger partial charge in [0.25, 0.3) is 0 Å². The molecular formula is C25H20N4OS. The summed E-state index contributed by atoms with van der Waals surface area (Å²) in [7, 11) is 0. The summed E-state index contributed by atoms with van der Waals surface area (Å²) in [5.74, 6) is 0.746. The predicted octanol–water partition coefficient (Wildman–Crippen LogP) is 5.45. The van der Waals surface area contributed by atoms with Gasteiger partial charge in [-0.15, -0.1) is 11.3 Å². The van der Waals surface area contributed by atoms with E-state index in [1.807, 2.05) is 28.9 Å². The molecule has 152 valence electrons. The molecule has 0 radical (unpaired) electrons. The Kier molecular flexibility index (Phi) is 4.39. The van der Waals surface area contributed by atoms with E-state index in [0.717, 1.165) is 23.3 Å². The van der Waals surface area contributed by atoms with Gasteiger partial charge in [-0.1, -0.05) is 60.7 Å². The van der Waals surface area contributed by atoms with Crippen molar-refractivity contribution < 1.29 is 4.79 Å². The molecule has 6 heteroatoms. The number of ketones is 1. The lowest BCUT2D eigenvalue weighted by Crippen LogP contribution is -2.41. The van der Waals surface area contributed by atoms with Gasteiger partial charge in [0, 0.05) is 22.9 Å². The quantitative estimate of drug-likeness (QED) is 0.440. The molecule has 2 aromatic carbocycles. The first kappa shape index (κ1) is 18.4. The minimum atomic E-state index is -0.284. The SMILES string of the molecule is O=C1CC(c2cccs2)CC2=Nc3ncnn3C(c3ccc(-c4ccccc4)cc3)C12. The second-order valence-electron chi connectivity index (χ2n) is 8.11. The molecule has 3 unspecified atom stereocenters. The fraction of sp³-hybridized carbons (Fsp3) is 0.200. The van der Waals surface area contributed by atoms with Crippen LogP contribution < -0.4 is 0 Å². The number of aliphatic imine (C=N–C) groups is 1. The predicted molar refractivity (Wildman–Crippen MR) is 122 cm³/mol. The maximum absolute atomic E-state index is 13.4. The van der Waals surface area contributed by atoms with Crippen LogP contribution in [0.1, 0.15) is 35.2 Å². The van der Waals surface area contributed by atoms with Crippen molar-refractivity contribution in [2.75, 3.05) is 0 Å². The fourth-order valence-electron chi connectivity index (χ4n) is 4.83. The highest BCUT2D eigenvalue weighted by Gasteiger charge is 2.44. The van der Waals surface area contributed by atoms with Crippen LogP contribution >= 0.6 is 11.3 Å². The van der Waals surface area contributed by atoms with Crippen LogP contribution in [0.25, 0.3) is 11.1 Å². The smallest absolute Gasteiger partial charge is 0.248 e. The van der Waals surface area contributed by atoms with Gasteiger partial charge in [0.1, 0.15) is 12.1 Å². The Hall–Kier alpha value is -3.38. The van der Waals surface area contributed by atoms with Crippen LogP contribution in [0.4, 0.5) is 5.95 Å². The number of hydrogen-bond acceptors (Lipinski definition) is 5. The van der Waals surface area contributed by atoms with E-state index in [1.54, 1.807) is 11.3 Å².